The molecule has 0 aliphatic carbocycles. The van der Waals surface area contributed by atoms with Crippen LogP contribution in [0.1, 0.15) is 25.3 Å². The lowest BCUT2D eigenvalue weighted by Gasteiger charge is -2.14. The molecule has 0 aromatic heterocycles. The maximum Gasteiger partial charge on any atom is 0.303 e. The van der Waals surface area contributed by atoms with E-state index in [2.05, 4.69) is 5.10 Å². The summed E-state index contributed by atoms with van der Waals surface area (Å²) in [5, 5.41) is 23.0. The van der Waals surface area contributed by atoms with Gasteiger partial charge in [0.15, 0.2) is 0 Å². The van der Waals surface area contributed by atoms with Crippen LogP contribution in [0, 0.1) is 17.2 Å². The second kappa shape index (κ2) is 5.53. The zero-order valence-corrected chi connectivity index (χ0v) is 10.9. The summed E-state index contributed by atoms with van der Waals surface area (Å²) in [6.07, 6.45) is 0.160. The quantitative estimate of drug-likeness (QED) is 0.902. The van der Waals surface area contributed by atoms with E-state index in [-0.39, 0.29) is 18.7 Å². The fourth-order valence-electron chi connectivity index (χ4n) is 2.10. The summed E-state index contributed by atoms with van der Waals surface area (Å²) in [5.41, 5.74) is 1.56. The van der Waals surface area contributed by atoms with E-state index in [4.69, 9.17) is 10.4 Å². The van der Waals surface area contributed by atoms with Gasteiger partial charge in [-0.3, -0.25) is 9.59 Å². The molecule has 1 aliphatic rings. The highest BCUT2D eigenvalue weighted by Crippen LogP contribution is 2.26. The maximum atomic E-state index is 12.3. The van der Waals surface area contributed by atoms with Gasteiger partial charge in [-0.2, -0.15) is 10.4 Å². The Morgan fingerprint density at radius 1 is 1.55 bits per heavy atom. The predicted molar refractivity (Wildman–Crippen MR) is 72.1 cm³/mol. The minimum Gasteiger partial charge on any atom is -0.481 e. The third kappa shape index (κ3) is 2.67. The van der Waals surface area contributed by atoms with E-state index in [0.717, 1.165) is 0 Å². The van der Waals surface area contributed by atoms with Crippen molar-refractivity contribution in [1.82, 2.24) is 0 Å². The minimum atomic E-state index is -0.935. The summed E-state index contributed by atoms with van der Waals surface area (Å²) >= 11 is 0. The molecule has 0 saturated carbocycles. The zero-order chi connectivity index (χ0) is 14.7. The Morgan fingerprint density at radius 3 is 2.95 bits per heavy atom. The van der Waals surface area contributed by atoms with Gasteiger partial charge in [0.05, 0.1) is 23.2 Å². The Morgan fingerprint density at radius 2 is 2.30 bits per heavy atom. The van der Waals surface area contributed by atoms with Crippen molar-refractivity contribution in [2.24, 2.45) is 11.0 Å². The molecule has 6 heteroatoms. The van der Waals surface area contributed by atoms with Crippen LogP contribution >= 0.6 is 0 Å². The number of aliphatic carboxylic acids is 1. The number of carboxylic acid groups (broad SMARTS) is 1. The van der Waals surface area contributed by atoms with Crippen LogP contribution in [0.25, 0.3) is 0 Å². The Kier molecular flexibility index (Phi) is 3.80. The van der Waals surface area contributed by atoms with E-state index in [9.17, 15) is 9.59 Å². The lowest BCUT2D eigenvalue weighted by Crippen LogP contribution is -2.27. The highest BCUT2D eigenvalue weighted by Gasteiger charge is 2.34. The summed E-state index contributed by atoms with van der Waals surface area (Å²) in [6.45, 7) is 1.71. The molecule has 0 fully saturated rings. The van der Waals surface area contributed by atoms with E-state index in [1.54, 1.807) is 31.2 Å². The number of benzene rings is 1. The van der Waals surface area contributed by atoms with Crippen molar-refractivity contribution >= 4 is 23.3 Å². The number of amides is 1. The first-order valence-corrected chi connectivity index (χ1v) is 6.14. The summed E-state index contributed by atoms with van der Waals surface area (Å²) in [7, 11) is 0. The molecule has 1 unspecified atom stereocenters. The van der Waals surface area contributed by atoms with Gasteiger partial charge in [0, 0.05) is 12.1 Å². The average Bonchev–Trinajstić information content (AvgIpc) is 2.72. The molecule has 1 aromatic carbocycles. The van der Waals surface area contributed by atoms with Crippen molar-refractivity contribution in [3.63, 3.8) is 0 Å². The molecule has 0 bridgehead atoms. The molecule has 1 N–H and O–H groups in total. The highest BCUT2D eigenvalue weighted by atomic mass is 16.4. The van der Waals surface area contributed by atoms with Gasteiger partial charge < -0.3 is 5.11 Å². The second-order valence-electron chi connectivity index (χ2n) is 4.54. The van der Waals surface area contributed by atoms with E-state index >= 15 is 0 Å². The van der Waals surface area contributed by atoms with Gasteiger partial charge in [0.1, 0.15) is 0 Å². The molecular formula is C14H13N3O3. The Labute approximate surface area is 115 Å². The first-order valence-electron chi connectivity index (χ1n) is 6.14. The Bertz CT molecular complexity index is 631. The first-order chi connectivity index (χ1) is 9.52. The predicted octanol–water partition coefficient (Wildman–Crippen LogP) is 1.76. The first kappa shape index (κ1) is 13.7. The van der Waals surface area contributed by atoms with Crippen molar-refractivity contribution in [3.05, 3.63) is 29.8 Å². The number of hydrazone groups is 1. The lowest BCUT2D eigenvalue weighted by molar-refractivity contribution is -0.137. The van der Waals surface area contributed by atoms with Gasteiger partial charge >= 0.3 is 5.97 Å². The summed E-state index contributed by atoms with van der Waals surface area (Å²) in [4.78, 5) is 22.9. The molecule has 102 valence electrons. The zero-order valence-electron chi connectivity index (χ0n) is 10.9. The Balaban J connectivity index is 2.21. The van der Waals surface area contributed by atoms with Gasteiger partial charge in [-0.15, -0.1) is 0 Å². The van der Waals surface area contributed by atoms with E-state index in [1.165, 1.54) is 5.01 Å². The molecular weight excluding hydrogens is 258 g/mol. The average molecular weight is 271 g/mol. The van der Waals surface area contributed by atoms with Crippen LogP contribution in [0.5, 0.6) is 0 Å². The fourth-order valence-corrected chi connectivity index (χ4v) is 2.10. The number of anilines is 1. The molecule has 6 nitrogen and oxygen atoms in total. The SMILES string of the molecule is CC1=NN(c2cccc(C#N)c2)C(=O)C1CCC(=O)O. The molecule has 0 saturated heterocycles. The van der Waals surface area contributed by atoms with E-state index < -0.39 is 11.9 Å². The number of hydrogen-bond acceptors (Lipinski definition) is 4. The number of carbonyl (C=O) groups is 2. The normalized spacial score (nSPS) is 17.8. The van der Waals surface area contributed by atoms with Crippen molar-refractivity contribution in [2.45, 2.75) is 19.8 Å². The Hall–Kier alpha value is -2.68. The van der Waals surface area contributed by atoms with Crippen LogP contribution in [0.2, 0.25) is 0 Å². The van der Waals surface area contributed by atoms with Crippen LogP contribution in [-0.2, 0) is 9.59 Å². The maximum absolute atomic E-state index is 12.3. The number of carbonyl (C=O) groups excluding carboxylic acids is 1. The topological polar surface area (TPSA) is 93.8 Å². The molecule has 20 heavy (non-hydrogen) atoms. The van der Waals surface area contributed by atoms with Crippen molar-refractivity contribution in [3.8, 4) is 6.07 Å². The molecule has 2 rings (SSSR count). The number of hydrogen-bond donors (Lipinski definition) is 1. The number of nitriles is 1. The summed E-state index contributed by atoms with van der Waals surface area (Å²) < 4.78 is 0. The molecule has 1 amide bonds. The molecule has 0 spiro atoms. The smallest absolute Gasteiger partial charge is 0.303 e. The third-order valence-corrected chi connectivity index (χ3v) is 3.14. The van der Waals surface area contributed by atoms with Gasteiger partial charge in [0.25, 0.3) is 5.91 Å². The van der Waals surface area contributed by atoms with Gasteiger partial charge in [-0.1, -0.05) is 6.07 Å². The van der Waals surface area contributed by atoms with Gasteiger partial charge in [-0.25, -0.2) is 5.01 Å². The molecule has 1 heterocycles. The van der Waals surface area contributed by atoms with Crippen LogP contribution in [0.15, 0.2) is 29.4 Å². The van der Waals surface area contributed by atoms with Gasteiger partial charge in [-0.05, 0) is 31.5 Å². The standard InChI is InChI=1S/C14H13N3O3/c1-9-12(5-6-13(18)19)14(20)17(16-9)11-4-2-3-10(7-11)8-15/h2-4,7,12H,5-6H2,1H3,(H,18,19). The highest BCUT2D eigenvalue weighted by molar-refractivity contribution is 6.14. The molecule has 0 radical (unpaired) electrons. The largest absolute Gasteiger partial charge is 0.481 e. The van der Waals surface area contributed by atoms with Crippen LogP contribution in [0.4, 0.5) is 5.69 Å². The van der Waals surface area contributed by atoms with Crippen molar-refractivity contribution < 1.29 is 14.7 Å². The second-order valence-corrected chi connectivity index (χ2v) is 4.54. The monoisotopic (exact) mass is 271 g/mol. The van der Waals surface area contributed by atoms with Crippen LogP contribution in [0.3, 0.4) is 0 Å². The third-order valence-electron chi connectivity index (χ3n) is 3.14. The number of rotatable bonds is 4. The van der Waals surface area contributed by atoms with E-state index in [0.29, 0.717) is 17.0 Å². The minimum absolute atomic E-state index is 0.0741. The molecule has 1 aromatic rings. The molecule has 1 atom stereocenters. The summed E-state index contributed by atoms with van der Waals surface area (Å²) in [5.74, 6) is -1.69. The van der Waals surface area contributed by atoms with Crippen molar-refractivity contribution in [1.29, 1.82) is 5.26 Å². The lowest BCUT2D eigenvalue weighted by atomic mass is 9.98. The summed E-state index contributed by atoms with van der Waals surface area (Å²) in [6, 6.07) is 8.59. The van der Waals surface area contributed by atoms with Gasteiger partial charge in [0.2, 0.25) is 0 Å². The van der Waals surface area contributed by atoms with Crippen LogP contribution < -0.4 is 5.01 Å². The molecule has 1 aliphatic heterocycles. The van der Waals surface area contributed by atoms with Crippen LogP contribution in [-0.4, -0.2) is 22.7 Å². The number of nitrogens with zero attached hydrogens (tertiary/aromatic N) is 3. The fraction of sp³-hybridized carbons (Fsp3) is 0.286. The number of carboxylic acids is 1. The van der Waals surface area contributed by atoms with E-state index in [1.807, 2.05) is 6.07 Å². The van der Waals surface area contributed by atoms with Crippen molar-refractivity contribution in [2.75, 3.05) is 5.01 Å².